The van der Waals surface area contributed by atoms with E-state index in [4.69, 9.17) is 11.6 Å². The third kappa shape index (κ3) is 1.57. The standard InChI is InChI=1S/C10H12ClN3S/c11-9-8(7-3-1-2-4-12-7)14-5-6-15-10(14)13-9/h5-7,12H,1-4H2. The van der Waals surface area contributed by atoms with E-state index in [0.717, 1.165) is 23.6 Å². The molecule has 2 aromatic heterocycles. The Hall–Kier alpha value is -0.580. The summed E-state index contributed by atoms with van der Waals surface area (Å²) in [5, 5.41) is 6.20. The monoisotopic (exact) mass is 241 g/mol. The maximum absolute atomic E-state index is 6.18. The maximum atomic E-state index is 6.18. The van der Waals surface area contributed by atoms with Crippen molar-refractivity contribution in [3.8, 4) is 0 Å². The van der Waals surface area contributed by atoms with Crippen LogP contribution in [0.25, 0.3) is 4.96 Å². The number of rotatable bonds is 1. The second-order valence-corrected chi connectivity index (χ2v) is 5.08. The third-order valence-corrected chi connectivity index (χ3v) is 3.93. The smallest absolute Gasteiger partial charge is 0.195 e. The predicted octanol–water partition coefficient (Wildman–Crippen LogP) is 2.86. The highest BCUT2D eigenvalue weighted by Crippen LogP contribution is 2.30. The highest BCUT2D eigenvalue weighted by Gasteiger charge is 2.22. The minimum absolute atomic E-state index is 0.371. The van der Waals surface area contributed by atoms with Gasteiger partial charge in [-0.25, -0.2) is 4.98 Å². The van der Waals surface area contributed by atoms with Crippen molar-refractivity contribution in [3.63, 3.8) is 0 Å². The van der Waals surface area contributed by atoms with E-state index >= 15 is 0 Å². The van der Waals surface area contributed by atoms with E-state index in [1.807, 2.05) is 11.6 Å². The molecule has 0 amide bonds. The number of hydrogen-bond acceptors (Lipinski definition) is 3. The molecule has 0 aromatic carbocycles. The van der Waals surface area contributed by atoms with Crippen LogP contribution in [-0.2, 0) is 0 Å². The number of fused-ring (bicyclic) bond motifs is 1. The van der Waals surface area contributed by atoms with Crippen LogP contribution in [0, 0.1) is 0 Å². The summed E-state index contributed by atoms with van der Waals surface area (Å²) in [5.41, 5.74) is 1.13. The first kappa shape index (κ1) is 9.63. The molecule has 1 atom stereocenters. The van der Waals surface area contributed by atoms with E-state index in [9.17, 15) is 0 Å². The molecule has 3 nitrogen and oxygen atoms in total. The molecular formula is C10H12ClN3S. The number of nitrogens with zero attached hydrogens (tertiary/aromatic N) is 2. The van der Waals surface area contributed by atoms with Gasteiger partial charge in [0.1, 0.15) is 0 Å². The van der Waals surface area contributed by atoms with E-state index in [2.05, 4.69) is 14.7 Å². The zero-order chi connectivity index (χ0) is 10.3. The van der Waals surface area contributed by atoms with Gasteiger partial charge in [0.05, 0.1) is 11.7 Å². The van der Waals surface area contributed by atoms with Gasteiger partial charge in [-0.1, -0.05) is 18.0 Å². The minimum Gasteiger partial charge on any atom is -0.309 e. The van der Waals surface area contributed by atoms with Crippen LogP contribution in [-0.4, -0.2) is 15.9 Å². The molecule has 1 saturated heterocycles. The zero-order valence-electron chi connectivity index (χ0n) is 8.24. The van der Waals surface area contributed by atoms with E-state index in [1.165, 1.54) is 12.8 Å². The van der Waals surface area contributed by atoms with E-state index in [1.54, 1.807) is 11.3 Å². The van der Waals surface area contributed by atoms with Gasteiger partial charge in [-0.3, -0.25) is 4.40 Å². The van der Waals surface area contributed by atoms with Crippen molar-refractivity contribution < 1.29 is 0 Å². The summed E-state index contributed by atoms with van der Waals surface area (Å²) in [5.74, 6) is 0. The highest BCUT2D eigenvalue weighted by molar-refractivity contribution is 7.15. The maximum Gasteiger partial charge on any atom is 0.195 e. The number of aromatic nitrogens is 2. The van der Waals surface area contributed by atoms with E-state index < -0.39 is 0 Å². The van der Waals surface area contributed by atoms with Crippen molar-refractivity contribution in [2.24, 2.45) is 0 Å². The number of piperidine rings is 1. The molecule has 2 aromatic rings. The first-order valence-electron chi connectivity index (χ1n) is 5.20. The Labute approximate surface area is 97.1 Å². The topological polar surface area (TPSA) is 29.3 Å². The molecule has 1 N–H and O–H groups in total. The Morgan fingerprint density at radius 3 is 3.27 bits per heavy atom. The normalized spacial score (nSPS) is 22.3. The minimum atomic E-state index is 0.371. The fourth-order valence-corrected chi connectivity index (χ4v) is 3.25. The zero-order valence-corrected chi connectivity index (χ0v) is 9.81. The Kier molecular flexibility index (Phi) is 2.42. The van der Waals surface area contributed by atoms with Crippen LogP contribution in [0.3, 0.4) is 0 Å². The van der Waals surface area contributed by atoms with Gasteiger partial charge in [-0.05, 0) is 19.4 Å². The lowest BCUT2D eigenvalue weighted by molar-refractivity contribution is 0.404. The summed E-state index contributed by atoms with van der Waals surface area (Å²) >= 11 is 7.80. The van der Waals surface area contributed by atoms with Crippen molar-refractivity contribution in [2.75, 3.05) is 6.54 Å². The summed E-state index contributed by atoms with van der Waals surface area (Å²) < 4.78 is 2.11. The molecule has 1 aliphatic rings. The second kappa shape index (κ2) is 3.77. The lowest BCUT2D eigenvalue weighted by Crippen LogP contribution is -2.27. The first-order chi connectivity index (χ1) is 7.36. The largest absolute Gasteiger partial charge is 0.309 e. The molecule has 0 spiro atoms. The van der Waals surface area contributed by atoms with Gasteiger partial charge in [0.15, 0.2) is 10.1 Å². The van der Waals surface area contributed by atoms with Gasteiger partial charge in [0, 0.05) is 11.6 Å². The molecule has 0 radical (unpaired) electrons. The number of nitrogens with one attached hydrogen (secondary N) is 1. The van der Waals surface area contributed by atoms with Crippen LogP contribution in [0.1, 0.15) is 31.0 Å². The van der Waals surface area contributed by atoms with Gasteiger partial charge in [-0.15, -0.1) is 11.3 Å². The van der Waals surface area contributed by atoms with Gasteiger partial charge >= 0.3 is 0 Å². The molecule has 1 fully saturated rings. The van der Waals surface area contributed by atoms with Crippen molar-refractivity contribution >= 4 is 27.9 Å². The van der Waals surface area contributed by atoms with Crippen LogP contribution in [0.15, 0.2) is 11.6 Å². The Morgan fingerprint density at radius 2 is 2.47 bits per heavy atom. The lowest BCUT2D eigenvalue weighted by Gasteiger charge is -2.23. The van der Waals surface area contributed by atoms with Crippen LogP contribution in [0.5, 0.6) is 0 Å². The molecule has 1 unspecified atom stereocenters. The molecule has 0 saturated carbocycles. The van der Waals surface area contributed by atoms with Crippen molar-refractivity contribution in [2.45, 2.75) is 25.3 Å². The van der Waals surface area contributed by atoms with Crippen molar-refractivity contribution in [3.05, 3.63) is 22.4 Å². The van der Waals surface area contributed by atoms with Crippen LogP contribution >= 0.6 is 22.9 Å². The molecule has 0 bridgehead atoms. The molecule has 3 heterocycles. The Bertz CT molecular complexity index is 470. The fourth-order valence-electron chi connectivity index (χ4n) is 2.17. The molecule has 80 valence electrons. The fraction of sp³-hybridized carbons (Fsp3) is 0.500. The van der Waals surface area contributed by atoms with Gasteiger partial charge < -0.3 is 5.32 Å². The summed E-state index contributed by atoms with van der Waals surface area (Å²) in [6.07, 6.45) is 5.74. The molecule has 5 heteroatoms. The Balaban J connectivity index is 2.07. The summed E-state index contributed by atoms with van der Waals surface area (Å²) in [6, 6.07) is 0.371. The van der Waals surface area contributed by atoms with Gasteiger partial charge in [-0.2, -0.15) is 0 Å². The van der Waals surface area contributed by atoms with E-state index in [-0.39, 0.29) is 0 Å². The van der Waals surface area contributed by atoms with Crippen LogP contribution in [0.2, 0.25) is 5.15 Å². The average Bonchev–Trinajstić information content (AvgIpc) is 2.78. The van der Waals surface area contributed by atoms with Crippen molar-refractivity contribution in [1.29, 1.82) is 0 Å². The molecule has 0 aliphatic carbocycles. The van der Waals surface area contributed by atoms with Crippen molar-refractivity contribution in [1.82, 2.24) is 14.7 Å². The number of thiazole rings is 1. The summed E-state index contributed by atoms with van der Waals surface area (Å²) in [6.45, 7) is 1.08. The predicted molar refractivity (Wildman–Crippen MR) is 62.7 cm³/mol. The van der Waals surface area contributed by atoms with Crippen LogP contribution in [0.4, 0.5) is 0 Å². The van der Waals surface area contributed by atoms with Crippen LogP contribution < -0.4 is 5.32 Å². The molecule has 1 aliphatic heterocycles. The van der Waals surface area contributed by atoms with Gasteiger partial charge in [0.25, 0.3) is 0 Å². The highest BCUT2D eigenvalue weighted by atomic mass is 35.5. The number of imidazole rings is 1. The molecule has 15 heavy (non-hydrogen) atoms. The number of halogens is 1. The lowest BCUT2D eigenvalue weighted by atomic mass is 10.0. The first-order valence-corrected chi connectivity index (χ1v) is 6.46. The Morgan fingerprint density at radius 1 is 1.53 bits per heavy atom. The number of hydrogen-bond donors (Lipinski definition) is 1. The SMILES string of the molecule is Clc1nc2sccn2c1C1CCCCN1. The molecular weight excluding hydrogens is 230 g/mol. The third-order valence-electron chi connectivity index (χ3n) is 2.89. The quantitative estimate of drug-likeness (QED) is 0.832. The summed E-state index contributed by atoms with van der Waals surface area (Å²) in [4.78, 5) is 5.34. The molecule has 3 rings (SSSR count). The van der Waals surface area contributed by atoms with E-state index in [0.29, 0.717) is 11.2 Å². The second-order valence-electron chi connectivity index (χ2n) is 3.85. The average molecular weight is 242 g/mol. The summed E-state index contributed by atoms with van der Waals surface area (Å²) in [7, 11) is 0. The van der Waals surface area contributed by atoms with Gasteiger partial charge in [0.2, 0.25) is 0 Å².